The maximum absolute atomic E-state index is 5.79. The Labute approximate surface area is 107 Å². The summed E-state index contributed by atoms with van der Waals surface area (Å²) in [6.07, 6.45) is 1.22. The van der Waals surface area contributed by atoms with E-state index in [4.69, 9.17) is 10.2 Å². The maximum atomic E-state index is 5.79. The molecular formula is C14H19N3O. The molecule has 0 spiro atoms. The molecular weight excluding hydrogens is 226 g/mol. The van der Waals surface area contributed by atoms with Crippen LogP contribution in [-0.2, 0) is 0 Å². The van der Waals surface area contributed by atoms with Gasteiger partial charge in [-0.05, 0) is 36.5 Å². The van der Waals surface area contributed by atoms with Gasteiger partial charge in [0.25, 0.3) is 6.01 Å². The molecule has 2 heterocycles. The molecule has 0 saturated carbocycles. The van der Waals surface area contributed by atoms with Crippen molar-refractivity contribution < 1.29 is 4.42 Å². The molecule has 96 valence electrons. The number of aromatic nitrogens is 1. The number of hydrogen-bond acceptors (Lipinski definition) is 4. The molecule has 0 radical (unpaired) electrons. The van der Waals surface area contributed by atoms with E-state index in [9.17, 15) is 0 Å². The fraction of sp³-hybridized carbons (Fsp3) is 0.500. The third kappa shape index (κ3) is 1.92. The van der Waals surface area contributed by atoms with Crippen LogP contribution in [0.15, 0.2) is 22.6 Å². The highest BCUT2D eigenvalue weighted by Crippen LogP contribution is 2.30. The topological polar surface area (TPSA) is 55.3 Å². The fourth-order valence-electron chi connectivity index (χ4n) is 2.57. The average Bonchev–Trinajstić information content (AvgIpc) is 2.93. The molecule has 3 rings (SSSR count). The van der Waals surface area contributed by atoms with E-state index in [1.807, 2.05) is 18.2 Å². The number of nitrogens with two attached hydrogens (primary N) is 1. The molecule has 1 unspecified atom stereocenters. The summed E-state index contributed by atoms with van der Waals surface area (Å²) in [4.78, 5) is 6.77. The first kappa shape index (κ1) is 11.4. The minimum atomic E-state index is 0.718. The molecule has 2 aromatic rings. The van der Waals surface area contributed by atoms with E-state index in [1.54, 1.807) is 0 Å². The van der Waals surface area contributed by atoms with Crippen molar-refractivity contribution in [2.75, 3.05) is 23.7 Å². The molecule has 1 aliphatic rings. The number of fused-ring (bicyclic) bond motifs is 1. The number of oxazole rings is 1. The molecule has 1 saturated heterocycles. The van der Waals surface area contributed by atoms with Crippen LogP contribution in [0, 0.1) is 11.8 Å². The fourth-order valence-corrected chi connectivity index (χ4v) is 2.57. The SMILES string of the molecule is CC(C)C1CCN(c2nc3cc(N)ccc3o2)C1. The van der Waals surface area contributed by atoms with Crippen LogP contribution in [0.3, 0.4) is 0 Å². The number of nitrogen functional groups attached to an aromatic ring is 1. The van der Waals surface area contributed by atoms with Crippen molar-refractivity contribution in [3.8, 4) is 0 Å². The van der Waals surface area contributed by atoms with Crippen LogP contribution in [0.2, 0.25) is 0 Å². The summed E-state index contributed by atoms with van der Waals surface area (Å²) in [5.74, 6) is 1.46. The average molecular weight is 245 g/mol. The minimum Gasteiger partial charge on any atom is -0.423 e. The third-order valence-electron chi connectivity index (χ3n) is 3.84. The van der Waals surface area contributed by atoms with Crippen molar-refractivity contribution in [2.45, 2.75) is 20.3 Å². The van der Waals surface area contributed by atoms with E-state index in [0.717, 1.165) is 47.7 Å². The minimum absolute atomic E-state index is 0.718. The van der Waals surface area contributed by atoms with Crippen molar-refractivity contribution in [1.82, 2.24) is 4.98 Å². The first-order valence-corrected chi connectivity index (χ1v) is 6.54. The van der Waals surface area contributed by atoms with E-state index in [0.29, 0.717) is 0 Å². The van der Waals surface area contributed by atoms with Gasteiger partial charge in [-0.2, -0.15) is 4.98 Å². The lowest BCUT2D eigenvalue weighted by Crippen LogP contribution is -2.21. The maximum Gasteiger partial charge on any atom is 0.298 e. The Morgan fingerprint density at radius 2 is 2.28 bits per heavy atom. The third-order valence-corrected chi connectivity index (χ3v) is 3.84. The molecule has 0 bridgehead atoms. The van der Waals surface area contributed by atoms with E-state index in [-0.39, 0.29) is 0 Å². The molecule has 2 N–H and O–H groups in total. The monoisotopic (exact) mass is 245 g/mol. The number of anilines is 2. The quantitative estimate of drug-likeness (QED) is 0.826. The number of hydrogen-bond donors (Lipinski definition) is 1. The van der Waals surface area contributed by atoms with Crippen molar-refractivity contribution in [3.63, 3.8) is 0 Å². The van der Waals surface area contributed by atoms with Gasteiger partial charge in [0.1, 0.15) is 5.52 Å². The Morgan fingerprint density at radius 1 is 1.44 bits per heavy atom. The summed E-state index contributed by atoms with van der Waals surface area (Å²) in [5, 5.41) is 0. The smallest absolute Gasteiger partial charge is 0.298 e. The Hall–Kier alpha value is -1.71. The van der Waals surface area contributed by atoms with Crippen LogP contribution in [0.4, 0.5) is 11.7 Å². The highest BCUT2D eigenvalue weighted by Gasteiger charge is 2.27. The van der Waals surface area contributed by atoms with Gasteiger partial charge < -0.3 is 15.1 Å². The number of nitrogens with zero attached hydrogens (tertiary/aromatic N) is 2. The van der Waals surface area contributed by atoms with Gasteiger partial charge in [0, 0.05) is 18.8 Å². The zero-order valence-electron chi connectivity index (χ0n) is 10.9. The van der Waals surface area contributed by atoms with Gasteiger partial charge in [-0.1, -0.05) is 13.8 Å². The van der Waals surface area contributed by atoms with Gasteiger partial charge in [-0.25, -0.2) is 0 Å². The summed E-state index contributed by atoms with van der Waals surface area (Å²) in [6, 6.07) is 6.33. The van der Waals surface area contributed by atoms with Gasteiger partial charge in [0.2, 0.25) is 0 Å². The van der Waals surface area contributed by atoms with E-state index in [1.165, 1.54) is 6.42 Å². The predicted octanol–water partition coefficient (Wildman–Crippen LogP) is 2.89. The van der Waals surface area contributed by atoms with Crippen LogP contribution in [-0.4, -0.2) is 18.1 Å². The number of benzene rings is 1. The Morgan fingerprint density at radius 3 is 3.00 bits per heavy atom. The van der Waals surface area contributed by atoms with Crippen molar-refractivity contribution in [3.05, 3.63) is 18.2 Å². The molecule has 1 fully saturated rings. The van der Waals surface area contributed by atoms with Crippen LogP contribution in [0.1, 0.15) is 20.3 Å². The second kappa shape index (κ2) is 4.19. The molecule has 1 atom stereocenters. The summed E-state index contributed by atoms with van der Waals surface area (Å²) >= 11 is 0. The largest absolute Gasteiger partial charge is 0.423 e. The van der Waals surface area contributed by atoms with E-state index < -0.39 is 0 Å². The molecule has 4 nitrogen and oxygen atoms in total. The van der Waals surface area contributed by atoms with Crippen molar-refractivity contribution in [1.29, 1.82) is 0 Å². The molecule has 18 heavy (non-hydrogen) atoms. The van der Waals surface area contributed by atoms with Gasteiger partial charge in [-0.3, -0.25) is 0 Å². The van der Waals surface area contributed by atoms with Crippen LogP contribution in [0.5, 0.6) is 0 Å². The second-order valence-electron chi connectivity index (χ2n) is 5.46. The molecule has 4 heteroatoms. The lowest BCUT2D eigenvalue weighted by Gasteiger charge is -2.15. The van der Waals surface area contributed by atoms with Crippen LogP contribution < -0.4 is 10.6 Å². The molecule has 0 aliphatic carbocycles. The Bertz CT molecular complexity index is 561. The predicted molar refractivity (Wildman–Crippen MR) is 73.6 cm³/mol. The molecule has 1 aliphatic heterocycles. The molecule has 0 amide bonds. The zero-order valence-corrected chi connectivity index (χ0v) is 10.9. The zero-order chi connectivity index (χ0) is 12.7. The van der Waals surface area contributed by atoms with Gasteiger partial charge in [0.05, 0.1) is 0 Å². The highest BCUT2D eigenvalue weighted by molar-refractivity contribution is 5.78. The first-order valence-electron chi connectivity index (χ1n) is 6.54. The first-order chi connectivity index (χ1) is 8.63. The van der Waals surface area contributed by atoms with E-state index in [2.05, 4.69) is 23.7 Å². The Balaban J connectivity index is 1.87. The van der Waals surface area contributed by atoms with Gasteiger partial charge in [0.15, 0.2) is 5.58 Å². The Kier molecular flexibility index (Phi) is 2.65. The van der Waals surface area contributed by atoms with E-state index >= 15 is 0 Å². The summed E-state index contributed by atoms with van der Waals surface area (Å²) in [7, 11) is 0. The van der Waals surface area contributed by atoms with Crippen LogP contribution >= 0.6 is 0 Å². The normalized spacial score (nSPS) is 20.2. The second-order valence-corrected chi connectivity index (χ2v) is 5.46. The lowest BCUT2D eigenvalue weighted by molar-refractivity contribution is 0.420. The summed E-state index contributed by atoms with van der Waals surface area (Å²) in [5.41, 5.74) is 8.14. The molecule has 1 aromatic carbocycles. The number of rotatable bonds is 2. The van der Waals surface area contributed by atoms with Crippen LogP contribution in [0.25, 0.3) is 11.1 Å². The van der Waals surface area contributed by atoms with Crippen molar-refractivity contribution >= 4 is 22.8 Å². The van der Waals surface area contributed by atoms with Gasteiger partial charge >= 0.3 is 0 Å². The standard InChI is InChI=1S/C14H19N3O/c1-9(2)10-5-6-17(8-10)14-16-12-7-11(15)3-4-13(12)18-14/h3-4,7,9-10H,5-6,8,15H2,1-2H3. The summed E-state index contributed by atoms with van der Waals surface area (Å²) < 4.78 is 5.79. The van der Waals surface area contributed by atoms with Crippen molar-refractivity contribution in [2.24, 2.45) is 11.8 Å². The highest BCUT2D eigenvalue weighted by atomic mass is 16.4. The summed E-state index contributed by atoms with van der Waals surface area (Å²) in [6.45, 7) is 6.63. The molecule has 1 aromatic heterocycles. The van der Waals surface area contributed by atoms with Gasteiger partial charge in [-0.15, -0.1) is 0 Å². The lowest BCUT2D eigenvalue weighted by atomic mass is 9.95.